The second-order valence-corrected chi connectivity index (χ2v) is 7.47. The summed E-state index contributed by atoms with van der Waals surface area (Å²) in [4.78, 5) is 29.3. The molecule has 3 aromatic rings. The quantitative estimate of drug-likeness (QED) is 0.521. The Labute approximate surface area is 167 Å². The van der Waals surface area contributed by atoms with Gasteiger partial charge in [0.1, 0.15) is 0 Å². The second kappa shape index (κ2) is 7.40. The maximum Gasteiger partial charge on any atom is 0.338 e. The highest BCUT2D eigenvalue weighted by atomic mass is 32.2. The Morgan fingerprint density at radius 1 is 0.929 bits per heavy atom. The lowest BCUT2D eigenvalue weighted by atomic mass is 10.2. The van der Waals surface area contributed by atoms with Gasteiger partial charge in [0.2, 0.25) is 0 Å². The summed E-state index contributed by atoms with van der Waals surface area (Å²) in [6.07, 6.45) is -0.960. The average molecular weight is 390 g/mol. The summed E-state index contributed by atoms with van der Waals surface area (Å²) >= 11 is 1.61. The third kappa shape index (κ3) is 3.34. The Hall–Kier alpha value is -3.25. The van der Waals surface area contributed by atoms with E-state index in [1.807, 2.05) is 48.5 Å². The summed E-state index contributed by atoms with van der Waals surface area (Å²) in [6.45, 7) is 1.58. The fourth-order valence-electron chi connectivity index (χ4n) is 3.07. The number of benzene rings is 3. The van der Waals surface area contributed by atoms with Crippen molar-refractivity contribution >= 4 is 40.7 Å². The molecule has 1 heterocycles. The molecule has 28 heavy (non-hydrogen) atoms. The van der Waals surface area contributed by atoms with Crippen LogP contribution in [0.5, 0.6) is 0 Å². The number of para-hydroxylation sites is 2. The van der Waals surface area contributed by atoms with Gasteiger partial charge in [0.05, 0.1) is 16.9 Å². The van der Waals surface area contributed by atoms with E-state index in [4.69, 9.17) is 10.5 Å². The lowest BCUT2D eigenvalue weighted by Gasteiger charge is -2.32. The van der Waals surface area contributed by atoms with Crippen molar-refractivity contribution in [3.05, 3.63) is 78.4 Å². The monoisotopic (exact) mass is 390 g/mol. The molecular formula is C22H18N2O3S. The predicted octanol–water partition coefficient (Wildman–Crippen LogP) is 4.64. The molecule has 0 aliphatic carbocycles. The Bertz CT molecular complexity index is 1020. The number of ether oxygens (including phenoxy) is 1. The van der Waals surface area contributed by atoms with E-state index in [1.54, 1.807) is 41.8 Å². The standard InChI is InChI=1S/C22H18N2O3S/c1-14(27-22(26)15-7-6-8-16(23)13-15)21(25)24-17-9-2-4-11-19(17)28-20-12-5-3-10-18(20)24/h2-14H,23H2,1H3. The number of nitrogen functional groups attached to an aromatic ring is 1. The largest absolute Gasteiger partial charge is 0.449 e. The molecule has 1 aliphatic rings. The van der Waals surface area contributed by atoms with Crippen molar-refractivity contribution in [3.8, 4) is 0 Å². The number of hydrogen-bond acceptors (Lipinski definition) is 5. The maximum atomic E-state index is 13.3. The molecule has 0 spiro atoms. The minimum atomic E-state index is -0.960. The zero-order chi connectivity index (χ0) is 19.7. The first-order valence-corrected chi connectivity index (χ1v) is 9.62. The van der Waals surface area contributed by atoms with Crippen LogP contribution in [0.25, 0.3) is 0 Å². The van der Waals surface area contributed by atoms with Gasteiger partial charge in [-0.1, -0.05) is 42.1 Å². The van der Waals surface area contributed by atoms with E-state index < -0.39 is 12.1 Å². The van der Waals surface area contributed by atoms with E-state index in [-0.39, 0.29) is 5.91 Å². The predicted molar refractivity (Wildman–Crippen MR) is 110 cm³/mol. The van der Waals surface area contributed by atoms with Gasteiger partial charge in [-0.05, 0) is 49.4 Å². The van der Waals surface area contributed by atoms with Crippen LogP contribution in [0.3, 0.4) is 0 Å². The zero-order valence-corrected chi connectivity index (χ0v) is 16.0. The van der Waals surface area contributed by atoms with E-state index in [9.17, 15) is 9.59 Å². The van der Waals surface area contributed by atoms with E-state index in [1.165, 1.54) is 6.07 Å². The maximum absolute atomic E-state index is 13.3. The summed E-state index contributed by atoms with van der Waals surface area (Å²) in [5.74, 6) is -0.890. The number of carbonyl (C=O) groups is 2. The molecule has 0 saturated heterocycles. The third-order valence-corrected chi connectivity index (χ3v) is 5.54. The molecule has 1 unspecified atom stereocenters. The molecule has 0 saturated carbocycles. The minimum Gasteiger partial charge on any atom is -0.449 e. The van der Waals surface area contributed by atoms with Crippen molar-refractivity contribution in [1.82, 2.24) is 0 Å². The van der Waals surface area contributed by atoms with Crippen LogP contribution >= 0.6 is 11.8 Å². The van der Waals surface area contributed by atoms with Crippen LogP contribution in [0, 0.1) is 0 Å². The highest BCUT2D eigenvalue weighted by molar-refractivity contribution is 7.99. The molecule has 1 amide bonds. The molecule has 3 aromatic carbocycles. The number of nitrogens with zero attached hydrogens (tertiary/aromatic N) is 1. The number of esters is 1. The topological polar surface area (TPSA) is 72.6 Å². The molecule has 4 rings (SSSR count). The van der Waals surface area contributed by atoms with Crippen LogP contribution in [0.15, 0.2) is 82.6 Å². The van der Waals surface area contributed by atoms with Crippen LogP contribution < -0.4 is 10.6 Å². The minimum absolute atomic E-state index is 0.308. The lowest BCUT2D eigenvalue weighted by Crippen LogP contribution is -2.38. The van der Waals surface area contributed by atoms with Crippen molar-refractivity contribution < 1.29 is 14.3 Å². The fourth-order valence-corrected chi connectivity index (χ4v) is 4.13. The van der Waals surface area contributed by atoms with Crippen LogP contribution in [-0.4, -0.2) is 18.0 Å². The average Bonchev–Trinajstić information content (AvgIpc) is 2.71. The van der Waals surface area contributed by atoms with Gasteiger partial charge in [-0.3, -0.25) is 9.69 Å². The highest BCUT2D eigenvalue weighted by Gasteiger charge is 2.32. The van der Waals surface area contributed by atoms with Crippen molar-refractivity contribution in [1.29, 1.82) is 0 Å². The van der Waals surface area contributed by atoms with Gasteiger partial charge in [0, 0.05) is 15.5 Å². The van der Waals surface area contributed by atoms with Crippen molar-refractivity contribution in [2.24, 2.45) is 0 Å². The molecule has 6 heteroatoms. The van der Waals surface area contributed by atoms with Crippen molar-refractivity contribution in [2.45, 2.75) is 22.8 Å². The van der Waals surface area contributed by atoms with Gasteiger partial charge in [-0.25, -0.2) is 4.79 Å². The number of anilines is 3. The first-order valence-electron chi connectivity index (χ1n) is 8.81. The van der Waals surface area contributed by atoms with E-state index in [0.717, 1.165) is 21.2 Å². The molecule has 0 aromatic heterocycles. The summed E-state index contributed by atoms with van der Waals surface area (Å²) in [6, 6.07) is 21.9. The SMILES string of the molecule is CC(OC(=O)c1cccc(N)c1)C(=O)N1c2ccccc2Sc2ccccc21. The summed E-state index contributed by atoms with van der Waals surface area (Å²) < 4.78 is 5.44. The number of carbonyl (C=O) groups excluding carboxylic acids is 2. The van der Waals surface area contributed by atoms with Gasteiger partial charge in [-0.2, -0.15) is 0 Å². The number of amides is 1. The molecule has 5 nitrogen and oxygen atoms in total. The molecule has 1 aliphatic heterocycles. The van der Waals surface area contributed by atoms with E-state index in [2.05, 4.69) is 0 Å². The van der Waals surface area contributed by atoms with Crippen molar-refractivity contribution in [3.63, 3.8) is 0 Å². The van der Waals surface area contributed by atoms with Crippen LogP contribution in [0.2, 0.25) is 0 Å². The smallest absolute Gasteiger partial charge is 0.338 e. The number of nitrogens with two attached hydrogens (primary N) is 1. The Kier molecular flexibility index (Phi) is 4.79. The Balaban J connectivity index is 1.63. The highest BCUT2D eigenvalue weighted by Crippen LogP contribution is 2.48. The summed E-state index contributed by atoms with van der Waals surface area (Å²) in [7, 11) is 0. The van der Waals surface area contributed by atoms with Gasteiger partial charge >= 0.3 is 5.97 Å². The molecule has 1 atom stereocenters. The van der Waals surface area contributed by atoms with Crippen LogP contribution in [-0.2, 0) is 9.53 Å². The van der Waals surface area contributed by atoms with E-state index >= 15 is 0 Å². The third-order valence-electron chi connectivity index (χ3n) is 4.41. The Morgan fingerprint density at radius 2 is 1.54 bits per heavy atom. The molecule has 0 fully saturated rings. The number of hydrogen-bond donors (Lipinski definition) is 1. The van der Waals surface area contributed by atoms with Gasteiger partial charge in [0.25, 0.3) is 5.91 Å². The molecule has 0 radical (unpaired) electrons. The Morgan fingerprint density at radius 3 is 2.14 bits per heavy atom. The van der Waals surface area contributed by atoms with Gasteiger partial charge in [0.15, 0.2) is 6.10 Å². The molecular weight excluding hydrogens is 372 g/mol. The van der Waals surface area contributed by atoms with Crippen molar-refractivity contribution in [2.75, 3.05) is 10.6 Å². The number of fused-ring (bicyclic) bond motifs is 2. The number of rotatable bonds is 3. The van der Waals surface area contributed by atoms with Crippen LogP contribution in [0.1, 0.15) is 17.3 Å². The summed E-state index contributed by atoms with van der Waals surface area (Å²) in [5.41, 5.74) is 8.06. The van der Waals surface area contributed by atoms with E-state index in [0.29, 0.717) is 11.3 Å². The van der Waals surface area contributed by atoms with Gasteiger partial charge in [-0.15, -0.1) is 0 Å². The molecule has 140 valence electrons. The second-order valence-electron chi connectivity index (χ2n) is 6.38. The normalized spacial score (nSPS) is 13.2. The zero-order valence-electron chi connectivity index (χ0n) is 15.2. The van der Waals surface area contributed by atoms with Crippen LogP contribution in [0.4, 0.5) is 17.1 Å². The molecule has 2 N–H and O–H groups in total. The fraction of sp³-hybridized carbons (Fsp3) is 0.0909. The van der Waals surface area contributed by atoms with Gasteiger partial charge < -0.3 is 10.5 Å². The summed E-state index contributed by atoms with van der Waals surface area (Å²) in [5, 5.41) is 0. The molecule has 0 bridgehead atoms. The first-order chi connectivity index (χ1) is 13.5. The first kappa shape index (κ1) is 18.1. The lowest BCUT2D eigenvalue weighted by molar-refractivity contribution is -0.125.